The molecule has 1 saturated heterocycles. The van der Waals surface area contributed by atoms with Crippen LogP contribution in [0.2, 0.25) is 0 Å². The molecule has 2 unspecified atom stereocenters. The second-order valence-electron chi connectivity index (χ2n) is 6.78. The molecule has 0 aromatic rings. The van der Waals surface area contributed by atoms with E-state index < -0.39 is 11.6 Å². The van der Waals surface area contributed by atoms with E-state index in [2.05, 4.69) is 17.6 Å². The lowest BCUT2D eigenvalue weighted by atomic mass is 9.75. The van der Waals surface area contributed by atoms with Crippen LogP contribution in [0.25, 0.3) is 0 Å². The number of nitrogens with zero attached hydrogens (tertiary/aromatic N) is 1. The molecule has 6 heteroatoms. The number of carbonyl (C=O) groups is 3. The molecule has 2 fully saturated rings. The van der Waals surface area contributed by atoms with Gasteiger partial charge in [-0.25, -0.2) is 4.79 Å². The van der Waals surface area contributed by atoms with Gasteiger partial charge in [0.2, 0.25) is 5.91 Å². The minimum Gasteiger partial charge on any atom is -0.354 e. The Bertz CT molecular complexity index is 449. The van der Waals surface area contributed by atoms with Crippen molar-refractivity contribution >= 4 is 17.8 Å². The third-order valence-corrected chi connectivity index (χ3v) is 4.39. The molecule has 1 saturated carbocycles. The van der Waals surface area contributed by atoms with Gasteiger partial charge in [0.1, 0.15) is 12.1 Å². The van der Waals surface area contributed by atoms with Gasteiger partial charge < -0.3 is 10.2 Å². The number of hydrogen-bond donors (Lipinski definition) is 2. The maximum Gasteiger partial charge on any atom is 0.325 e. The van der Waals surface area contributed by atoms with Gasteiger partial charge in [-0.2, -0.15) is 0 Å². The summed E-state index contributed by atoms with van der Waals surface area (Å²) in [5.41, 5.74) is -0.816. The van der Waals surface area contributed by atoms with Gasteiger partial charge in [-0.05, 0) is 24.7 Å². The highest BCUT2D eigenvalue weighted by Crippen LogP contribution is 2.39. The summed E-state index contributed by atoms with van der Waals surface area (Å²) >= 11 is 0. The lowest BCUT2D eigenvalue weighted by molar-refractivity contribution is -0.131. The average Bonchev–Trinajstić information content (AvgIpc) is 2.61. The lowest BCUT2D eigenvalue weighted by Crippen LogP contribution is -2.55. The molecule has 4 amide bonds. The molecule has 2 rings (SSSR count). The molecule has 0 aromatic heterocycles. The van der Waals surface area contributed by atoms with Gasteiger partial charge in [-0.15, -0.1) is 0 Å². The van der Waals surface area contributed by atoms with E-state index in [1.54, 1.807) is 0 Å². The average molecular weight is 295 g/mol. The number of rotatable bonds is 4. The topological polar surface area (TPSA) is 78.5 Å². The van der Waals surface area contributed by atoms with Crippen LogP contribution in [0.5, 0.6) is 0 Å². The standard InChI is InChI=1S/C15H25N3O3/c1-10(2)8-16-12(19)9-18-14(21)17-13(20)15(18)6-4-5-11(3)7-15/h10-11H,4-9H2,1-3H3,(H,16,19)(H,17,20,21). The molecule has 6 nitrogen and oxygen atoms in total. The van der Waals surface area contributed by atoms with Gasteiger partial charge in [0, 0.05) is 6.54 Å². The molecule has 2 aliphatic rings. The number of amides is 4. The summed E-state index contributed by atoms with van der Waals surface area (Å²) in [5, 5.41) is 5.19. The van der Waals surface area contributed by atoms with E-state index in [4.69, 9.17) is 0 Å². The smallest absolute Gasteiger partial charge is 0.325 e. The van der Waals surface area contributed by atoms with Gasteiger partial charge in [-0.3, -0.25) is 14.9 Å². The van der Waals surface area contributed by atoms with E-state index >= 15 is 0 Å². The third kappa shape index (κ3) is 3.19. The Balaban J connectivity index is 2.09. The predicted molar refractivity (Wildman–Crippen MR) is 78.5 cm³/mol. The van der Waals surface area contributed by atoms with E-state index in [0.717, 1.165) is 12.8 Å². The number of urea groups is 1. The monoisotopic (exact) mass is 295 g/mol. The van der Waals surface area contributed by atoms with Crippen LogP contribution in [-0.4, -0.2) is 41.4 Å². The summed E-state index contributed by atoms with van der Waals surface area (Å²) in [7, 11) is 0. The molecule has 2 N–H and O–H groups in total. The van der Waals surface area contributed by atoms with Crippen molar-refractivity contribution in [1.82, 2.24) is 15.5 Å². The van der Waals surface area contributed by atoms with Crippen LogP contribution in [0.3, 0.4) is 0 Å². The fourth-order valence-electron chi connectivity index (χ4n) is 3.31. The minimum absolute atomic E-state index is 0.0446. The van der Waals surface area contributed by atoms with Gasteiger partial charge in [0.25, 0.3) is 5.91 Å². The van der Waals surface area contributed by atoms with Crippen molar-refractivity contribution < 1.29 is 14.4 Å². The first-order chi connectivity index (χ1) is 9.85. The summed E-state index contributed by atoms with van der Waals surface area (Å²) in [6, 6.07) is -0.436. The van der Waals surface area contributed by atoms with E-state index in [1.165, 1.54) is 4.90 Å². The maximum absolute atomic E-state index is 12.3. The molecule has 1 aliphatic carbocycles. The Morgan fingerprint density at radius 2 is 2.19 bits per heavy atom. The van der Waals surface area contributed by atoms with Crippen molar-refractivity contribution in [1.29, 1.82) is 0 Å². The molecule has 0 aromatic carbocycles. The Kier molecular flexibility index (Phi) is 4.54. The molecule has 21 heavy (non-hydrogen) atoms. The first-order valence-electron chi connectivity index (χ1n) is 7.75. The molecular weight excluding hydrogens is 270 g/mol. The van der Waals surface area contributed by atoms with E-state index in [1.807, 2.05) is 13.8 Å². The summed E-state index contributed by atoms with van der Waals surface area (Å²) < 4.78 is 0. The summed E-state index contributed by atoms with van der Waals surface area (Å²) in [6.45, 7) is 6.64. The molecule has 0 bridgehead atoms. The van der Waals surface area contributed by atoms with E-state index in [0.29, 0.717) is 31.2 Å². The normalized spacial score (nSPS) is 29.1. The van der Waals surface area contributed by atoms with Crippen molar-refractivity contribution in [3.8, 4) is 0 Å². The van der Waals surface area contributed by atoms with Gasteiger partial charge in [0.15, 0.2) is 0 Å². The Hall–Kier alpha value is -1.59. The number of hydrogen-bond acceptors (Lipinski definition) is 3. The van der Waals surface area contributed by atoms with Crippen LogP contribution in [0.15, 0.2) is 0 Å². The molecule has 118 valence electrons. The highest BCUT2D eigenvalue weighted by molar-refractivity contribution is 6.08. The highest BCUT2D eigenvalue weighted by Gasteiger charge is 2.54. The zero-order valence-electron chi connectivity index (χ0n) is 13.1. The molecule has 1 aliphatic heterocycles. The Labute approximate surface area is 125 Å². The largest absolute Gasteiger partial charge is 0.354 e. The summed E-state index contributed by atoms with van der Waals surface area (Å²) in [5.74, 6) is 0.296. The quantitative estimate of drug-likeness (QED) is 0.766. The van der Waals surface area contributed by atoms with Gasteiger partial charge in [-0.1, -0.05) is 33.6 Å². The fourth-order valence-corrected chi connectivity index (χ4v) is 3.31. The van der Waals surface area contributed by atoms with Crippen LogP contribution < -0.4 is 10.6 Å². The van der Waals surface area contributed by atoms with Gasteiger partial charge in [0.05, 0.1) is 0 Å². The van der Waals surface area contributed by atoms with Crippen LogP contribution in [0.4, 0.5) is 4.79 Å². The molecule has 0 radical (unpaired) electrons. The number of carbonyl (C=O) groups excluding carboxylic acids is 3. The van der Waals surface area contributed by atoms with Crippen molar-refractivity contribution in [2.24, 2.45) is 11.8 Å². The molecular formula is C15H25N3O3. The Morgan fingerprint density at radius 1 is 1.48 bits per heavy atom. The summed E-state index contributed by atoms with van der Waals surface area (Å²) in [4.78, 5) is 37.8. The maximum atomic E-state index is 12.3. The molecule has 2 atom stereocenters. The molecule has 1 spiro atoms. The zero-order valence-corrected chi connectivity index (χ0v) is 13.1. The predicted octanol–water partition coefficient (Wildman–Crippen LogP) is 1.26. The van der Waals surface area contributed by atoms with E-state index in [-0.39, 0.29) is 18.4 Å². The summed E-state index contributed by atoms with van der Waals surface area (Å²) in [6.07, 6.45) is 3.26. The molecule has 1 heterocycles. The second-order valence-corrected chi connectivity index (χ2v) is 6.78. The first-order valence-corrected chi connectivity index (χ1v) is 7.75. The Morgan fingerprint density at radius 3 is 2.81 bits per heavy atom. The van der Waals surface area contributed by atoms with Crippen molar-refractivity contribution in [2.45, 2.75) is 52.0 Å². The third-order valence-electron chi connectivity index (χ3n) is 4.39. The lowest BCUT2D eigenvalue weighted by Gasteiger charge is -2.40. The first kappa shape index (κ1) is 15.8. The number of imide groups is 1. The second kappa shape index (κ2) is 6.03. The van der Waals surface area contributed by atoms with Crippen molar-refractivity contribution in [3.63, 3.8) is 0 Å². The van der Waals surface area contributed by atoms with Crippen LogP contribution in [-0.2, 0) is 9.59 Å². The highest BCUT2D eigenvalue weighted by atomic mass is 16.2. The zero-order chi connectivity index (χ0) is 15.6. The van der Waals surface area contributed by atoms with Crippen molar-refractivity contribution in [3.05, 3.63) is 0 Å². The SMILES string of the molecule is CC(C)CNC(=O)CN1C(=O)NC(=O)C12CCCC(C)C2. The fraction of sp³-hybridized carbons (Fsp3) is 0.800. The number of nitrogens with one attached hydrogen (secondary N) is 2. The van der Waals surface area contributed by atoms with Crippen LogP contribution in [0.1, 0.15) is 46.5 Å². The minimum atomic E-state index is -0.816. The van der Waals surface area contributed by atoms with E-state index in [9.17, 15) is 14.4 Å². The van der Waals surface area contributed by atoms with Crippen molar-refractivity contribution in [2.75, 3.05) is 13.1 Å². The van der Waals surface area contributed by atoms with Crippen LogP contribution in [0, 0.1) is 11.8 Å². The van der Waals surface area contributed by atoms with Gasteiger partial charge >= 0.3 is 6.03 Å². The van der Waals surface area contributed by atoms with Crippen LogP contribution >= 0.6 is 0 Å².